The normalized spacial score (nSPS) is 14.0. The van der Waals surface area contributed by atoms with Gasteiger partial charge in [0.1, 0.15) is 35.7 Å². The molecule has 0 saturated carbocycles. The van der Waals surface area contributed by atoms with Crippen LogP contribution in [0.5, 0.6) is 5.75 Å². The van der Waals surface area contributed by atoms with Gasteiger partial charge in [-0.25, -0.2) is 18.8 Å². The molecule has 5 rings (SSSR count). The van der Waals surface area contributed by atoms with E-state index in [0.29, 0.717) is 30.8 Å². The van der Waals surface area contributed by atoms with Crippen LogP contribution in [0.1, 0.15) is 41.2 Å². The van der Waals surface area contributed by atoms with Gasteiger partial charge in [0.25, 0.3) is 0 Å². The van der Waals surface area contributed by atoms with E-state index in [1.54, 1.807) is 19.2 Å². The highest BCUT2D eigenvalue weighted by Crippen LogP contribution is 2.52. The van der Waals surface area contributed by atoms with Crippen molar-refractivity contribution in [1.29, 1.82) is 0 Å². The first kappa shape index (κ1) is 35.6. The fourth-order valence-electron chi connectivity index (χ4n) is 5.48. The molecule has 1 aromatic heterocycles. The molecule has 49 heavy (non-hydrogen) atoms. The number of fused-ring (bicyclic) bond motifs is 3. The Morgan fingerprint density at radius 3 is 2.27 bits per heavy atom. The van der Waals surface area contributed by atoms with Crippen molar-refractivity contribution in [3.8, 4) is 16.9 Å². The van der Waals surface area contributed by atoms with Crippen molar-refractivity contribution in [3.05, 3.63) is 117 Å². The van der Waals surface area contributed by atoms with Gasteiger partial charge in [0.15, 0.2) is 0 Å². The smallest absolute Gasteiger partial charge is 0.461 e. The Hall–Kier alpha value is -4.68. The van der Waals surface area contributed by atoms with Crippen LogP contribution < -0.4 is 9.84 Å². The van der Waals surface area contributed by atoms with Gasteiger partial charge >= 0.3 is 25.7 Å². The van der Waals surface area contributed by atoms with Crippen LogP contribution in [0.4, 0.5) is 10.7 Å². The number of alkyl halides is 1. The van der Waals surface area contributed by atoms with Crippen molar-refractivity contribution >= 4 is 37.3 Å². The molecule has 0 radical (unpaired) electrons. The molecule has 0 fully saturated rings. The molecule has 2 N–H and O–H groups in total. The van der Waals surface area contributed by atoms with Crippen molar-refractivity contribution < 1.29 is 42.4 Å². The molecule has 3 aromatic carbocycles. The highest BCUT2D eigenvalue weighted by Gasteiger charge is 2.34. The number of halogens is 1. The Bertz CT molecular complexity index is 1790. The van der Waals surface area contributed by atoms with Crippen LogP contribution in [0, 0.1) is 10.1 Å². The topological polar surface area (TPSA) is 171 Å². The number of nitrogens with zero attached hydrogens (tertiary/aromatic N) is 2. The molecule has 4 aromatic rings. The number of alkyl carbamates (subject to hydrolysis) is 1. The van der Waals surface area contributed by atoms with Crippen molar-refractivity contribution in [3.63, 3.8) is 0 Å². The second-order valence-electron chi connectivity index (χ2n) is 11.3. The lowest BCUT2D eigenvalue weighted by atomic mass is 9.98. The third kappa shape index (κ3) is 8.87. The van der Waals surface area contributed by atoms with Gasteiger partial charge in [0.2, 0.25) is 0 Å². The first-order valence-electron chi connectivity index (χ1n) is 15.5. The van der Waals surface area contributed by atoms with E-state index in [9.17, 15) is 29.4 Å². The number of carboxylic acids is 1. The number of amides is 1. The lowest BCUT2D eigenvalue weighted by Crippen LogP contribution is -2.42. The Morgan fingerprint density at radius 2 is 1.67 bits per heavy atom. The summed E-state index contributed by atoms with van der Waals surface area (Å²) in [6.45, 7) is 0.00455. The molecule has 0 aliphatic heterocycles. The van der Waals surface area contributed by atoms with E-state index < -0.39 is 36.7 Å². The summed E-state index contributed by atoms with van der Waals surface area (Å²) in [6, 6.07) is 23.2. The van der Waals surface area contributed by atoms with E-state index in [0.717, 1.165) is 22.3 Å². The van der Waals surface area contributed by atoms with Crippen LogP contribution in [0.15, 0.2) is 89.3 Å². The second-order valence-corrected chi connectivity index (χ2v) is 13.8. The molecule has 1 heterocycles. The van der Waals surface area contributed by atoms with Crippen LogP contribution in [-0.4, -0.2) is 58.9 Å². The van der Waals surface area contributed by atoms with Gasteiger partial charge in [-0.05, 0) is 65.9 Å². The lowest BCUT2D eigenvalue weighted by Gasteiger charge is -2.27. The zero-order chi connectivity index (χ0) is 35.0. The van der Waals surface area contributed by atoms with Crippen LogP contribution in [-0.2, 0) is 31.6 Å². The SMILES string of the molecule is CN(CCCCCl)P(=O)(OCc1ccc([N+](=O)[O-])o1)Oc1ccc(CC(NC(=O)OCC2c3ccccc3-c3ccccc32)C(=O)O)cc1. The van der Waals surface area contributed by atoms with Crippen molar-refractivity contribution in [2.75, 3.05) is 26.1 Å². The van der Waals surface area contributed by atoms with Crippen LogP contribution in [0.25, 0.3) is 11.1 Å². The average molecular weight is 712 g/mol. The molecule has 15 heteroatoms. The van der Waals surface area contributed by atoms with Gasteiger partial charge in [0, 0.05) is 24.8 Å². The maximum Gasteiger partial charge on any atom is 0.461 e. The predicted octanol–water partition coefficient (Wildman–Crippen LogP) is 7.38. The predicted molar refractivity (Wildman–Crippen MR) is 181 cm³/mol. The number of benzene rings is 3. The third-order valence-electron chi connectivity index (χ3n) is 8.00. The molecule has 0 bridgehead atoms. The molecule has 0 spiro atoms. The van der Waals surface area contributed by atoms with Crippen molar-refractivity contribution in [2.45, 2.75) is 37.8 Å². The quantitative estimate of drug-likeness (QED) is 0.0368. The maximum absolute atomic E-state index is 13.9. The van der Waals surface area contributed by atoms with E-state index in [4.69, 9.17) is 29.8 Å². The minimum atomic E-state index is -3.99. The maximum atomic E-state index is 13.9. The van der Waals surface area contributed by atoms with E-state index in [1.165, 1.54) is 28.9 Å². The van der Waals surface area contributed by atoms with E-state index in [1.807, 2.05) is 48.5 Å². The third-order valence-corrected chi connectivity index (χ3v) is 10.2. The first-order chi connectivity index (χ1) is 23.6. The zero-order valence-electron chi connectivity index (χ0n) is 26.5. The number of hydrogen-bond acceptors (Lipinski definition) is 9. The summed E-state index contributed by atoms with van der Waals surface area (Å²) < 4.78 is 37.4. The lowest BCUT2D eigenvalue weighted by molar-refractivity contribution is -0.402. The minimum Gasteiger partial charge on any atom is -0.480 e. The fourth-order valence-corrected chi connectivity index (χ4v) is 7.12. The number of unbranched alkanes of at least 4 members (excludes halogenated alkanes) is 1. The van der Waals surface area contributed by atoms with Crippen LogP contribution in [0.3, 0.4) is 0 Å². The van der Waals surface area contributed by atoms with Crippen LogP contribution in [0.2, 0.25) is 0 Å². The van der Waals surface area contributed by atoms with Gasteiger partial charge in [-0.3, -0.25) is 14.6 Å². The molecule has 1 aliphatic rings. The molecule has 0 saturated heterocycles. The summed E-state index contributed by atoms with van der Waals surface area (Å²) in [5, 5.41) is 23.3. The summed E-state index contributed by atoms with van der Waals surface area (Å²) in [5.41, 5.74) is 4.78. The summed E-state index contributed by atoms with van der Waals surface area (Å²) in [7, 11) is -2.44. The molecule has 2 unspecified atom stereocenters. The number of rotatable bonds is 17. The van der Waals surface area contributed by atoms with Gasteiger partial charge in [-0.15, -0.1) is 11.6 Å². The highest BCUT2D eigenvalue weighted by molar-refractivity contribution is 7.51. The minimum absolute atomic E-state index is 0.0392. The average Bonchev–Trinajstić information content (AvgIpc) is 3.70. The summed E-state index contributed by atoms with van der Waals surface area (Å²) in [5.74, 6) is -1.23. The Balaban J connectivity index is 1.20. The second kappa shape index (κ2) is 16.1. The molecular formula is C34H35ClN3O10P. The molecule has 1 aliphatic carbocycles. The molecule has 1 amide bonds. The number of carbonyl (C=O) groups is 2. The Labute approximate surface area is 287 Å². The first-order valence-corrected chi connectivity index (χ1v) is 17.5. The number of nitrogens with one attached hydrogen (secondary N) is 1. The fraction of sp³-hybridized carbons (Fsp3) is 0.294. The van der Waals surface area contributed by atoms with E-state index in [-0.39, 0.29) is 37.1 Å². The number of hydrogen-bond donors (Lipinski definition) is 2. The van der Waals surface area contributed by atoms with E-state index >= 15 is 0 Å². The van der Waals surface area contributed by atoms with Crippen molar-refractivity contribution in [2.24, 2.45) is 0 Å². The van der Waals surface area contributed by atoms with Gasteiger partial charge in [-0.2, -0.15) is 0 Å². The number of ether oxygens (including phenoxy) is 1. The Kier molecular flexibility index (Phi) is 11.7. The number of aliphatic carboxylic acids is 1. The Morgan fingerprint density at radius 1 is 1.02 bits per heavy atom. The van der Waals surface area contributed by atoms with Gasteiger partial charge in [-0.1, -0.05) is 60.7 Å². The zero-order valence-corrected chi connectivity index (χ0v) is 28.2. The largest absolute Gasteiger partial charge is 0.480 e. The monoisotopic (exact) mass is 711 g/mol. The van der Waals surface area contributed by atoms with Gasteiger partial charge < -0.3 is 24.1 Å². The highest BCUT2D eigenvalue weighted by atomic mass is 35.5. The number of carbonyl (C=O) groups excluding carboxylic acids is 1. The molecular weight excluding hydrogens is 677 g/mol. The number of nitro groups is 1. The van der Waals surface area contributed by atoms with E-state index in [2.05, 4.69) is 5.32 Å². The molecule has 13 nitrogen and oxygen atoms in total. The summed E-state index contributed by atoms with van der Waals surface area (Å²) in [6.07, 6.45) is 0.352. The number of furan rings is 1. The van der Waals surface area contributed by atoms with Crippen molar-refractivity contribution in [1.82, 2.24) is 9.99 Å². The number of carboxylic acid groups (broad SMARTS) is 1. The summed E-state index contributed by atoms with van der Waals surface area (Å²) in [4.78, 5) is 35.1. The molecule has 258 valence electrons. The van der Waals surface area contributed by atoms with Crippen LogP contribution >= 0.6 is 19.3 Å². The van der Waals surface area contributed by atoms with Gasteiger partial charge in [0.05, 0.1) is 6.07 Å². The standard InChI is InChI=1S/C34H35ClN3O10P/c1-37(19-7-6-18-35)49(44,46-21-25-16-17-32(47-25)38(42)43)48-24-14-12-23(13-15-24)20-31(33(39)40)36-34(41)45-22-30-28-10-4-2-8-26(28)27-9-3-5-11-29(27)30/h2-5,8-17,30-31H,6-7,18-22H2,1H3,(H,36,41)(H,39,40). The summed E-state index contributed by atoms with van der Waals surface area (Å²) >= 11 is 5.79. The molecule has 2 atom stereocenters.